The number of benzene rings is 2. The molecule has 0 bridgehead atoms. The van der Waals surface area contributed by atoms with E-state index in [1.165, 1.54) is 5.56 Å². The van der Waals surface area contributed by atoms with Gasteiger partial charge in [-0.2, -0.15) is 5.10 Å². The van der Waals surface area contributed by atoms with Crippen molar-refractivity contribution in [1.82, 2.24) is 9.97 Å². The molecule has 1 aliphatic carbocycles. The number of thiazole rings is 1. The molecule has 2 heterocycles. The van der Waals surface area contributed by atoms with Crippen molar-refractivity contribution in [2.75, 3.05) is 5.43 Å². The molecule has 0 unspecified atom stereocenters. The number of aromatic nitrogens is 2. The molecular weight excluding hydrogens is 420 g/mol. The molecule has 2 aromatic heterocycles. The summed E-state index contributed by atoms with van der Waals surface area (Å²) in [5.41, 5.74) is 9.74. The van der Waals surface area contributed by atoms with E-state index in [1.54, 1.807) is 24.3 Å². The lowest BCUT2D eigenvalue weighted by Crippen LogP contribution is -2.07. The van der Waals surface area contributed by atoms with Crippen LogP contribution in [-0.2, 0) is 6.42 Å². The Hall–Kier alpha value is -3.58. The van der Waals surface area contributed by atoms with Gasteiger partial charge >= 0.3 is 5.97 Å². The monoisotopic (exact) mass is 442 g/mol. The second-order valence-electron chi connectivity index (χ2n) is 7.90. The van der Waals surface area contributed by atoms with Gasteiger partial charge in [0, 0.05) is 11.1 Å². The van der Waals surface area contributed by atoms with E-state index in [9.17, 15) is 9.90 Å². The Bertz CT molecular complexity index is 1330. The van der Waals surface area contributed by atoms with Gasteiger partial charge in [0.25, 0.3) is 0 Å². The number of carboxylic acids is 1. The number of hydrogen-bond donors (Lipinski definition) is 2. The van der Waals surface area contributed by atoms with Gasteiger partial charge in [0.1, 0.15) is 0 Å². The first kappa shape index (κ1) is 20.3. The molecule has 32 heavy (non-hydrogen) atoms. The minimum Gasteiger partial charge on any atom is -0.477 e. The van der Waals surface area contributed by atoms with E-state index in [0.717, 1.165) is 57.9 Å². The number of aromatic carboxylic acids is 1. The molecule has 0 aliphatic heterocycles. The van der Waals surface area contributed by atoms with Crippen LogP contribution in [-0.4, -0.2) is 26.8 Å². The fraction of sp³-hybridized carbons (Fsp3) is 0.200. The number of hydrogen-bond acceptors (Lipinski definition) is 6. The zero-order valence-electron chi connectivity index (χ0n) is 17.6. The average Bonchev–Trinajstić information content (AvgIpc) is 3.11. The number of para-hydroxylation sites is 1. The topological polar surface area (TPSA) is 87.5 Å². The number of anilines is 1. The molecule has 0 fully saturated rings. The van der Waals surface area contributed by atoms with Crippen LogP contribution in [0.3, 0.4) is 0 Å². The van der Waals surface area contributed by atoms with Crippen molar-refractivity contribution in [3.63, 3.8) is 0 Å². The molecule has 7 heteroatoms. The second-order valence-corrected chi connectivity index (χ2v) is 8.93. The summed E-state index contributed by atoms with van der Waals surface area (Å²) in [6.07, 6.45) is 4.04. The largest absolute Gasteiger partial charge is 0.477 e. The zero-order valence-corrected chi connectivity index (χ0v) is 18.4. The second kappa shape index (κ2) is 8.51. The molecule has 0 saturated carbocycles. The standard InChI is InChI=1S/C25H22N4O2S/c1-15-10-13-19(26-23(15)24(30)31)17-12-11-16-6-2-3-7-20(18(16)14-17)28-29-25-27-21-8-4-5-9-22(21)32-25/h4-5,8-14H,2-3,6-7H2,1H3,(H,27,29)(H,30,31)/b28-20+. The van der Waals surface area contributed by atoms with Crippen LogP contribution >= 0.6 is 11.3 Å². The third-order valence-electron chi connectivity index (χ3n) is 5.71. The smallest absolute Gasteiger partial charge is 0.354 e. The van der Waals surface area contributed by atoms with E-state index in [2.05, 4.69) is 33.6 Å². The van der Waals surface area contributed by atoms with E-state index >= 15 is 0 Å². The molecule has 4 aromatic rings. The van der Waals surface area contributed by atoms with Gasteiger partial charge in [0.05, 0.1) is 21.6 Å². The highest BCUT2D eigenvalue weighted by atomic mass is 32.1. The lowest BCUT2D eigenvalue weighted by molar-refractivity contribution is 0.0690. The maximum atomic E-state index is 11.5. The van der Waals surface area contributed by atoms with Gasteiger partial charge in [-0.25, -0.2) is 14.8 Å². The quantitative estimate of drug-likeness (QED) is 0.303. The Morgan fingerprint density at radius 1 is 1.06 bits per heavy atom. The highest BCUT2D eigenvalue weighted by molar-refractivity contribution is 7.22. The first-order chi connectivity index (χ1) is 15.6. The number of aryl methyl sites for hydroxylation is 2. The number of rotatable bonds is 4. The van der Waals surface area contributed by atoms with Gasteiger partial charge in [-0.05, 0) is 68.0 Å². The number of carbonyl (C=O) groups is 1. The number of fused-ring (bicyclic) bond motifs is 2. The van der Waals surface area contributed by atoms with Crippen LogP contribution in [0, 0.1) is 6.92 Å². The summed E-state index contributed by atoms with van der Waals surface area (Å²) in [7, 11) is 0. The maximum Gasteiger partial charge on any atom is 0.354 e. The molecule has 2 aromatic carbocycles. The van der Waals surface area contributed by atoms with Crippen molar-refractivity contribution in [1.29, 1.82) is 0 Å². The molecule has 0 amide bonds. The number of nitrogens with zero attached hydrogens (tertiary/aromatic N) is 3. The maximum absolute atomic E-state index is 11.5. The normalized spacial score (nSPS) is 14.8. The Labute approximate surface area is 189 Å². The Balaban J connectivity index is 1.51. The first-order valence-corrected chi connectivity index (χ1v) is 11.4. The van der Waals surface area contributed by atoms with Crippen molar-refractivity contribution in [3.05, 3.63) is 77.0 Å². The molecule has 0 saturated heterocycles. The van der Waals surface area contributed by atoms with Crippen LogP contribution in [0.5, 0.6) is 0 Å². The molecule has 0 spiro atoms. The van der Waals surface area contributed by atoms with E-state index in [4.69, 9.17) is 5.10 Å². The molecule has 1 aliphatic rings. The lowest BCUT2D eigenvalue weighted by Gasteiger charge is -2.11. The average molecular weight is 443 g/mol. The summed E-state index contributed by atoms with van der Waals surface area (Å²) in [5, 5.41) is 15.0. The fourth-order valence-electron chi connectivity index (χ4n) is 4.02. The van der Waals surface area contributed by atoms with Crippen molar-refractivity contribution < 1.29 is 9.90 Å². The minimum atomic E-state index is -1.01. The number of nitrogens with one attached hydrogen (secondary N) is 1. The minimum absolute atomic E-state index is 0.0869. The number of pyridine rings is 1. The lowest BCUT2D eigenvalue weighted by atomic mass is 9.97. The van der Waals surface area contributed by atoms with E-state index in [-0.39, 0.29) is 5.69 Å². The van der Waals surface area contributed by atoms with Crippen LogP contribution in [0.2, 0.25) is 0 Å². The van der Waals surface area contributed by atoms with Crippen LogP contribution in [0.4, 0.5) is 5.13 Å². The first-order valence-electron chi connectivity index (χ1n) is 10.6. The van der Waals surface area contributed by atoms with E-state index < -0.39 is 5.97 Å². The Morgan fingerprint density at radius 3 is 2.75 bits per heavy atom. The molecule has 0 radical (unpaired) electrons. The summed E-state index contributed by atoms with van der Waals surface area (Å²) in [5.74, 6) is -1.01. The van der Waals surface area contributed by atoms with Gasteiger partial charge in [-0.3, -0.25) is 5.43 Å². The van der Waals surface area contributed by atoms with Crippen LogP contribution in [0.1, 0.15) is 46.4 Å². The molecule has 5 rings (SSSR count). The highest BCUT2D eigenvalue weighted by Crippen LogP contribution is 2.29. The SMILES string of the molecule is Cc1ccc(-c2ccc3c(c2)/C(=N/Nc2nc4ccccc4s2)CCCC3)nc1C(=O)O. The van der Waals surface area contributed by atoms with Gasteiger partial charge in [-0.15, -0.1) is 0 Å². The van der Waals surface area contributed by atoms with Gasteiger partial charge in [0.2, 0.25) is 5.13 Å². The van der Waals surface area contributed by atoms with Crippen LogP contribution in [0.25, 0.3) is 21.5 Å². The van der Waals surface area contributed by atoms with Gasteiger partial charge in [-0.1, -0.05) is 41.7 Å². The highest BCUT2D eigenvalue weighted by Gasteiger charge is 2.17. The van der Waals surface area contributed by atoms with Gasteiger partial charge < -0.3 is 5.11 Å². The molecule has 6 nitrogen and oxygen atoms in total. The molecular formula is C25H22N4O2S. The van der Waals surface area contributed by atoms with E-state index in [0.29, 0.717) is 11.3 Å². The molecule has 160 valence electrons. The van der Waals surface area contributed by atoms with Crippen LogP contribution in [0.15, 0.2) is 59.7 Å². The molecule has 2 N–H and O–H groups in total. The van der Waals surface area contributed by atoms with Crippen LogP contribution < -0.4 is 5.43 Å². The fourth-order valence-corrected chi connectivity index (χ4v) is 4.83. The van der Waals surface area contributed by atoms with Crippen molar-refractivity contribution in [2.24, 2.45) is 5.10 Å². The summed E-state index contributed by atoms with van der Waals surface area (Å²) in [6, 6.07) is 17.9. The third kappa shape index (κ3) is 3.99. The number of hydrazone groups is 1. The summed E-state index contributed by atoms with van der Waals surface area (Å²) in [6.45, 7) is 1.76. The summed E-state index contributed by atoms with van der Waals surface area (Å²) < 4.78 is 1.12. The summed E-state index contributed by atoms with van der Waals surface area (Å²) in [4.78, 5) is 20.5. The molecule has 0 atom stereocenters. The van der Waals surface area contributed by atoms with Gasteiger partial charge in [0.15, 0.2) is 5.69 Å². The van der Waals surface area contributed by atoms with Crippen molar-refractivity contribution >= 4 is 38.4 Å². The number of carboxylic acid groups (broad SMARTS) is 1. The summed E-state index contributed by atoms with van der Waals surface area (Å²) >= 11 is 1.58. The third-order valence-corrected chi connectivity index (χ3v) is 6.65. The van der Waals surface area contributed by atoms with E-state index in [1.807, 2.05) is 30.3 Å². The van der Waals surface area contributed by atoms with Crippen molar-refractivity contribution in [2.45, 2.75) is 32.6 Å². The Kier molecular flexibility index (Phi) is 5.41. The van der Waals surface area contributed by atoms with Crippen molar-refractivity contribution in [3.8, 4) is 11.3 Å². The predicted octanol–water partition coefficient (Wildman–Crippen LogP) is 5.91. The zero-order chi connectivity index (χ0) is 22.1. The Morgan fingerprint density at radius 2 is 1.91 bits per heavy atom. The predicted molar refractivity (Wildman–Crippen MR) is 129 cm³/mol.